The molecule has 0 radical (unpaired) electrons. The standard InChI is InChI=1S/C9H19NS/c1-5-9(4)10(7-11)6-8(2)3/h7-9H,5-6H2,1-4H3. The van der Waals surface area contributed by atoms with E-state index >= 15 is 0 Å². The van der Waals surface area contributed by atoms with Crippen LogP contribution in [-0.4, -0.2) is 23.0 Å². The molecule has 0 heterocycles. The highest BCUT2D eigenvalue weighted by molar-refractivity contribution is 7.78. The Kier molecular flexibility index (Phi) is 5.47. The first-order chi connectivity index (χ1) is 5.11. The zero-order valence-electron chi connectivity index (χ0n) is 8.00. The molecule has 0 saturated heterocycles. The van der Waals surface area contributed by atoms with Gasteiger partial charge in [0.15, 0.2) is 0 Å². The van der Waals surface area contributed by atoms with Gasteiger partial charge in [-0.3, -0.25) is 0 Å². The summed E-state index contributed by atoms with van der Waals surface area (Å²) in [6.45, 7) is 9.92. The van der Waals surface area contributed by atoms with Gasteiger partial charge < -0.3 is 4.90 Å². The molecule has 0 bridgehead atoms. The molecule has 1 atom stereocenters. The van der Waals surface area contributed by atoms with Gasteiger partial charge in [-0.15, -0.1) is 0 Å². The van der Waals surface area contributed by atoms with Crippen molar-refractivity contribution in [3.05, 3.63) is 0 Å². The molecule has 11 heavy (non-hydrogen) atoms. The van der Waals surface area contributed by atoms with Gasteiger partial charge in [-0.1, -0.05) is 33.0 Å². The van der Waals surface area contributed by atoms with E-state index in [-0.39, 0.29) is 0 Å². The van der Waals surface area contributed by atoms with E-state index in [0.29, 0.717) is 12.0 Å². The van der Waals surface area contributed by atoms with Crippen LogP contribution in [0, 0.1) is 5.92 Å². The molecule has 0 aromatic rings. The Morgan fingerprint density at radius 2 is 1.91 bits per heavy atom. The number of thiocarbonyl (C=S) groups is 1. The van der Waals surface area contributed by atoms with Gasteiger partial charge in [0.05, 0.1) is 5.49 Å². The highest BCUT2D eigenvalue weighted by atomic mass is 32.1. The Morgan fingerprint density at radius 3 is 2.18 bits per heavy atom. The first-order valence-corrected chi connectivity index (χ1v) is 4.80. The number of hydrogen-bond acceptors (Lipinski definition) is 1. The molecule has 0 aliphatic rings. The van der Waals surface area contributed by atoms with E-state index in [1.54, 1.807) is 5.49 Å². The zero-order chi connectivity index (χ0) is 8.85. The van der Waals surface area contributed by atoms with E-state index < -0.39 is 0 Å². The Hall–Kier alpha value is -0.110. The molecule has 0 fully saturated rings. The van der Waals surface area contributed by atoms with E-state index in [2.05, 4.69) is 32.6 Å². The summed E-state index contributed by atoms with van der Waals surface area (Å²) in [6.07, 6.45) is 1.17. The second-order valence-electron chi connectivity index (χ2n) is 3.45. The predicted molar refractivity (Wildman–Crippen MR) is 55.0 cm³/mol. The normalized spacial score (nSPS) is 13.2. The molecule has 0 saturated carbocycles. The minimum absolute atomic E-state index is 0.592. The molecule has 0 aliphatic heterocycles. The third kappa shape index (κ3) is 4.35. The molecule has 1 unspecified atom stereocenters. The van der Waals surface area contributed by atoms with Crippen molar-refractivity contribution in [2.24, 2.45) is 5.92 Å². The topological polar surface area (TPSA) is 3.24 Å². The third-order valence-corrected chi connectivity index (χ3v) is 2.14. The molecular weight excluding hydrogens is 154 g/mol. The molecule has 0 rings (SSSR count). The van der Waals surface area contributed by atoms with Crippen LogP contribution in [0.3, 0.4) is 0 Å². The van der Waals surface area contributed by atoms with Gasteiger partial charge in [-0.25, -0.2) is 0 Å². The molecule has 0 aliphatic carbocycles. The highest BCUT2D eigenvalue weighted by Crippen LogP contribution is 2.04. The molecule has 1 nitrogen and oxygen atoms in total. The second-order valence-corrected chi connectivity index (χ2v) is 3.66. The van der Waals surface area contributed by atoms with Crippen LogP contribution in [0.15, 0.2) is 0 Å². The molecule has 66 valence electrons. The van der Waals surface area contributed by atoms with Gasteiger partial charge in [-0.05, 0) is 19.3 Å². The summed E-state index contributed by atoms with van der Waals surface area (Å²) >= 11 is 4.94. The van der Waals surface area contributed by atoms with Gasteiger partial charge in [-0.2, -0.15) is 0 Å². The van der Waals surface area contributed by atoms with Crippen LogP contribution in [0.25, 0.3) is 0 Å². The van der Waals surface area contributed by atoms with Crippen molar-refractivity contribution in [3.63, 3.8) is 0 Å². The zero-order valence-corrected chi connectivity index (χ0v) is 8.82. The first-order valence-electron chi connectivity index (χ1n) is 4.32. The van der Waals surface area contributed by atoms with Crippen LogP contribution < -0.4 is 0 Å². The molecule has 0 amide bonds. The minimum Gasteiger partial charge on any atom is -0.366 e. The molecule has 0 N–H and O–H groups in total. The SMILES string of the molecule is CCC(C)N(C=S)CC(C)C. The molecular formula is C9H19NS. The number of rotatable bonds is 5. The van der Waals surface area contributed by atoms with Crippen LogP contribution in [-0.2, 0) is 0 Å². The summed E-state index contributed by atoms with van der Waals surface area (Å²) in [5.74, 6) is 0.697. The summed E-state index contributed by atoms with van der Waals surface area (Å²) in [5.41, 5.74) is 1.79. The Balaban J connectivity index is 3.84. The van der Waals surface area contributed by atoms with Crippen molar-refractivity contribution in [3.8, 4) is 0 Å². The largest absolute Gasteiger partial charge is 0.366 e. The summed E-state index contributed by atoms with van der Waals surface area (Å²) in [4.78, 5) is 2.24. The first kappa shape index (κ1) is 10.9. The average molecular weight is 173 g/mol. The lowest BCUT2D eigenvalue weighted by molar-refractivity contribution is 0.301. The number of hydrogen-bond donors (Lipinski definition) is 0. The van der Waals surface area contributed by atoms with Crippen LogP contribution >= 0.6 is 12.2 Å². The maximum atomic E-state index is 4.94. The Labute approximate surface area is 75.8 Å². The van der Waals surface area contributed by atoms with Crippen molar-refractivity contribution in [1.29, 1.82) is 0 Å². The summed E-state index contributed by atoms with van der Waals surface area (Å²) in [6, 6.07) is 0.592. The van der Waals surface area contributed by atoms with Crippen LogP contribution in [0.2, 0.25) is 0 Å². The fourth-order valence-corrected chi connectivity index (χ4v) is 1.28. The average Bonchev–Trinajstić information content (AvgIpc) is 1.98. The predicted octanol–water partition coefficient (Wildman–Crippen LogP) is 2.70. The monoisotopic (exact) mass is 173 g/mol. The van der Waals surface area contributed by atoms with Crippen molar-refractivity contribution in [1.82, 2.24) is 4.90 Å². The van der Waals surface area contributed by atoms with E-state index in [9.17, 15) is 0 Å². The van der Waals surface area contributed by atoms with Crippen LogP contribution in [0.4, 0.5) is 0 Å². The van der Waals surface area contributed by atoms with E-state index in [0.717, 1.165) is 6.54 Å². The van der Waals surface area contributed by atoms with Gasteiger partial charge in [0.1, 0.15) is 0 Å². The van der Waals surface area contributed by atoms with Crippen LogP contribution in [0.1, 0.15) is 34.1 Å². The van der Waals surface area contributed by atoms with Gasteiger partial charge in [0, 0.05) is 12.6 Å². The Morgan fingerprint density at radius 1 is 1.36 bits per heavy atom. The third-order valence-electron chi connectivity index (χ3n) is 1.87. The summed E-state index contributed by atoms with van der Waals surface area (Å²) < 4.78 is 0. The van der Waals surface area contributed by atoms with Gasteiger partial charge >= 0.3 is 0 Å². The molecule has 0 aromatic carbocycles. The quantitative estimate of drug-likeness (QED) is 0.588. The van der Waals surface area contributed by atoms with Gasteiger partial charge in [0.25, 0.3) is 0 Å². The summed E-state index contributed by atoms with van der Waals surface area (Å²) in [7, 11) is 0. The van der Waals surface area contributed by atoms with Crippen molar-refractivity contribution < 1.29 is 0 Å². The van der Waals surface area contributed by atoms with E-state index in [4.69, 9.17) is 12.2 Å². The Bertz CT molecular complexity index is 112. The smallest absolute Gasteiger partial charge is 0.0643 e. The molecule has 0 aromatic heterocycles. The highest BCUT2D eigenvalue weighted by Gasteiger charge is 2.08. The van der Waals surface area contributed by atoms with E-state index in [1.165, 1.54) is 6.42 Å². The summed E-state index contributed by atoms with van der Waals surface area (Å²) in [5, 5.41) is 0. The van der Waals surface area contributed by atoms with E-state index in [1.807, 2.05) is 0 Å². The minimum atomic E-state index is 0.592. The fourth-order valence-electron chi connectivity index (χ4n) is 0.983. The van der Waals surface area contributed by atoms with Crippen molar-refractivity contribution in [2.75, 3.05) is 6.54 Å². The van der Waals surface area contributed by atoms with Crippen molar-refractivity contribution in [2.45, 2.75) is 40.2 Å². The molecule has 0 spiro atoms. The maximum absolute atomic E-state index is 4.94. The lowest BCUT2D eigenvalue weighted by atomic mass is 10.1. The van der Waals surface area contributed by atoms with Crippen LogP contribution in [0.5, 0.6) is 0 Å². The second kappa shape index (κ2) is 5.53. The van der Waals surface area contributed by atoms with Crippen molar-refractivity contribution >= 4 is 17.7 Å². The lowest BCUT2D eigenvalue weighted by Crippen LogP contribution is -2.33. The molecule has 2 heteroatoms. The number of nitrogens with zero attached hydrogens (tertiary/aromatic N) is 1. The fraction of sp³-hybridized carbons (Fsp3) is 0.889. The lowest BCUT2D eigenvalue weighted by Gasteiger charge is -2.27. The van der Waals surface area contributed by atoms with Gasteiger partial charge in [0.2, 0.25) is 0 Å². The maximum Gasteiger partial charge on any atom is 0.0643 e.